The van der Waals surface area contributed by atoms with Gasteiger partial charge in [0.15, 0.2) is 0 Å². The van der Waals surface area contributed by atoms with Gasteiger partial charge in [0.2, 0.25) is 5.89 Å². The topological polar surface area (TPSA) is 126 Å². The van der Waals surface area contributed by atoms with E-state index in [4.69, 9.17) is 4.42 Å². The van der Waals surface area contributed by atoms with Crippen molar-refractivity contribution in [3.63, 3.8) is 0 Å². The van der Waals surface area contributed by atoms with Gasteiger partial charge in [-0.25, -0.2) is 4.98 Å². The van der Waals surface area contributed by atoms with E-state index in [1.165, 1.54) is 0 Å². The third-order valence-electron chi connectivity index (χ3n) is 5.33. The largest absolute Gasteiger partial charge is 0.415 e. The monoisotopic (exact) mass is 436 g/mol. The Balaban J connectivity index is 1.42. The lowest BCUT2D eigenvalue weighted by Gasteiger charge is -2.15. The Hall–Kier alpha value is -4.45. The van der Waals surface area contributed by atoms with Crippen molar-refractivity contribution in [1.29, 1.82) is 5.26 Å². The second-order valence-electron chi connectivity index (χ2n) is 8.10. The predicted octanol–water partition coefficient (Wildman–Crippen LogP) is 3.41. The number of benzene rings is 1. The number of nitriles is 1. The highest BCUT2D eigenvalue weighted by Crippen LogP contribution is 2.27. The summed E-state index contributed by atoms with van der Waals surface area (Å²) in [6.07, 6.45) is 4.89. The van der Waals surface area contributed by atoms with Gasteiger partial charge in [-0.3, -0.25) is 15.0 Å². The lowest BCUT2D eigenvalue weighted by atomic mass is 9.90. The maximum absolute atomic E-state index is 9.41. The van der Waals surface area contributed by atoms with Gasteiger partial charge in [-0.2, -0.15) is 5.26 Å². The van der Waals surface area contributed by atoms with Gasteiger partial charge in [-0.1, -0.05) is 12.1 Å². The van der Waals surface area contributed by atoms with Crippen LogP contribution in [0.1, 0.15) is 25.1 Å². The fourth-order valence-electron chi connectivity index (χ4n) is 3.40. The van der Waals surface area contributed by atoms with Crippen LogP contribution in [0.2, 0.25) is 0 Å². The first-order valence-corrected chi connectivity index (χ1v) is 10.5. The second kappa shape index (κ2) is 8.24. The van der Waals surface area contributed by atoms with Crippen LogP contribution in [0.3, 0.4) is 0 Å². The molecular formula is C24H20N8O. The van der Waals surface area contributed by atoms with Crippen LogP contribution in [0.15, 0.2) is 64.4 Å². The molecule has 162 valence electrons. The highest BCUT2D eigenvalue weighted by molar-refractivity contribution is 6.00. The Labute approximate surface area is 190 Å². The number of aliphatic imine (C=N–C) groups is 1. The van der Waals surface area contributed by atoms with Gasteiger partial charge in [0.1, 0.15) is 11.5 Å². The Morgan fingerprint density at radius 2 is 1.73 bits per heavy atom. The minimum absolute atomic E-state index is 0.275. The summed E-state index contributed by atoms with van der Waals surface area (Å²) >= 11 is 0. The number of hydrogen-bond acceptors (Lipinski definition) is 9. The molecule has 0 amide bonds. The van der Waals surface area contributed by atoms with Crippen LogP contribution in [0.4, 0.5) is 0 Å². The third kappa shape index (κ3) is 4.06. The van der Waals surface area contributed by atoms with Gasteiger partial charge in [0.05, 0.1) is 41.8 Å². The molecule has 0 saturated heterocycles. The number of aromatic nitrogens is 5. The van der Waals surface area contributed by atoms with E-state index in [1.54, 1.807) is 18.6 Å². The van der Waals surface area contributed by atoms with E-state index < -0.39 is 5.41 Å². The fraction of sp³-hybridized carbons (Fsp3) is 0.208. The van der Waals surface area contributed by atoms with E-state index in [0.29, 0.717) is 23.0 Å². The molecule has 1 aromatic carbocycles. The molecule has 0 aliphatic carbocycles. The van der Waals surface area contributed by atoms with Crippen LogP contribution in [0.25, 0.3) is 34.3 Å². The first-order chi connectivity index (χ1) is 16.0. The van der Waals surface area contributed by atoms with Crippen LogP contribution in [-0.4, -0.2) is 44.1 Å². The van der Waals surface area contributed by atoms with E-state index in [-0.39, 0.29) is 5.89 Å². The maximum atomic E-state index is 9.41. The molecule has 0 bridgehead atoms. The van der Waals surface area contributed by atoms with Crippen LogP contribution < -0.4 is 5.32 Å². The molecule has 33 heavy (non-hydrogen) atoms. The number of pyridine rings is 1. The number of nitrogens with one attached hydrogen (secondary N) is 1. The molecule has 1 aliphatic rings. The summed E-state index contributed by atoms with van der Waals surface area (Å²) in [5.41, 5.74) is 3.67. The molecule has 5 rings (SSSR count). The minimum Gasteiger partial charge on any atom is -0.415 e. The smallest absolute Gasteiger partial charge is 0.268 e. The van der Waals surface area contributed by atoms with Crippen molar-refractivity contribution in [3.05, 3.63) is 66.2 Å². The highest BCUT2D eigenvalue weighted by Gasteiger charge is 2.22. The molecule has 9 nitrogen and oxygen atoms in total. The highest BCUT2D eigenvalue weighted by atomic mass is 16.4. The van der Waals surface area contributed by atoms with Crippen LogP contribution in [0.5, 0.6) is 0 Å². The summed E-state index contributed by atoms with van der Waals surface area (Å²) in [4.78, 5) is 17.7. The second-order valence-corrected chi connectivity index (χ2v) is 8.10. The predicted molar refractivity (Wildman–Crippen MR) is 122 cm³/mol. The molecule has 0 fully saturated rings. The normalized spacial score (nSPS) is 13.3. The van der Waals surface area contributed by atoms with Gasteiger partial charge >= 0.3 is 0 Å². The van der Waals surface area contributed by atoms with Gasteiger partial charge in [-0.05, 0) is 38.1 Å². The molecule has 0 saturated carbocycles. The van der Waals surface area contributed by atoms with E-state index >= 15 is 0 Å². The Morgan fingerprint density at radius 1 is 0.970 bits per heavy atom. The van der Waals surface area contributed by atoms with E-state index in [9.17, 15) is 5.26 Å². The van der Waals surface area contributed by atoms with Crippen molar-refractivity contribution >= 4 is 5.84 Å². The van der Waals surface area contributed by atoms with Crippen LogP contribution >= 0.6 is 0 Å². The number of hydrogen-bond donors (Lipinski definition) is 1. The lowest BCUT2D eigenvalue weighted by Crippen LogP contribution is -2.19. The summed E-state index contributed by atoms with van der Waals surface area (Å²) in [5, 5.41) is 21.0. The maximum Gasteiger partial charge on any atom is 0.268 e. The fourth-order valence-corrected chi connectivity index (χ4v) is 3.40. The average Bonchev–Trinajstić information content (AvgIpc) is 3.57. The average molecular weight is 436 g/mol. The van der Waals surface area contributed by atoms with E-state index in [0.717, 1.165) is 35.6 Å². The molecule has 0 unspecified atom stereocenters. The first-order valence-electron chi connectivity index (χ1n) is 10.5. The van der Waals surface area contributed by atoms with Gasteiger partial charge in [0, 0.05) is 29.4 Å². The number of amidine groups is 1. The molecule has 0 spiro atoms. The molecule has 1 aliphatic heterocycles. The van der Waals surface area contributed by atoms with Gasteiger partial charge in [-0.15, -0.1) is 10.2 Å². The first kappa shape index (κ1) is 20.5. The van der Waals surface area contributed by atoms with Crippen molar-refractivity contribution < 1.29 is 4.42 Å². The summed E-state index contributed by atoms with van der Waals surface area (Å²) in [5.74, 6) is 1.57. The van der Waals surface area contributed by atoms with Crippen molar-refractivity contribution in [2.24, 2.45) is 4.99 Å². The van der Waals surface area contributed by atoms with Crippen molar-refractivity contribution in [2.45, 2.75) is 19.3 Å². The molecular weight excluding hydrogens is 416 g/mol. The van der Waals surface area contributed by atoms with E-state index in [1.807, 2.05) is 50.2 Å². The van der Waals surface area contributed by atoms with Crippen molar-refractivity contribution in [2.75, 3.05) is 13.1 Å². The van der Waals surface area contributed by atoms with Gasteiger partial charge < -0.3 is 9.73 Å². The van der Waals surface area contributed by atoms with Crippen LogP contribution in [0, 0.1) is 11.3 Å². The van der Waals surface area contributed by atoms with Crippen molar-refractivity contribution in [1.82, 2.24) is 30.5 Å². The SMILES string of the molecule is CC(C)(C#N)c1cc(-c2cncc(-c3nnc(-c4ccc(C5=NCCN5)cc4)o3)n2)ccn1. The molecule has 0 atom stereocenters. The summed E-state index contributed by atoms with van der Waals surface area (Å²) in [6.45, 7) is 5.30. The van der Waals surface area contributed by atoms with Crippen LogP contribution in [-0.2, 0) is 5.41 Å². The zero-order valence-electron chi connectivity index (χ0n) is 18.1. The molecule has 1 N–H and O–H groups in total. The quantitative estimate of drug-likeness (QED) is 0.504. The molecule has 3 aromatic heterocycles. The summed E-state index contributed by atoms with van der Waals surface area (Å²) < 4.78 is 5.88. The Kier molecular flexibility index (Phi) is 5.11. The van der Waals surface area contributed by atoms with Crippen molar-refractivity contribution in [3.8, 4) is 40.4 Å². The minimum atomic E-state index is -0.710. The zero-order valence-corrected chi connectivity index (χ0v) is 18.1. The number of rotatable bonds is 5. The third-order valence-corrected chi connectivity index (χ3v) is 5.33. The molecule has 0 radical (unpaired) electrons. The Morgan fingerprint density at radius 3 is 2.48 bits per heavy atom. The molecule has 9 heteroatoms. The lowest BCUT2D eigenvalue weighted by molar-refractivity contribution is 0.582. The summed E-state index contributed by atoms with van der Waals surface area (Å²) in [7, 11) is 0. The standard InChI is InChI=1S/C24H20N8O/c1-24(2,14-25)20-11-17(7-8-27-20)18-12-26-13-19(30-18)23-32-31-22(33-23)16-5-3-15(4-6-16)21-28-9-10-29-21/h3-8,11-13H,9-10H2,1-2H3,(H,28,29). The zero-order chi connectivity index (χ0) is 22.8. The van der Waals surface area contributed by atoms with Gasteiger partial charge in [0.25, 0.3) is 5.89 Å². The number of nitrogens with zero attached hydrogens (tertiary/aromatic N) is 7. The Bertz CT molecular complexity index is 1380. The molecule has 4 heterocycles. The van der Waals surface area contributed by atoms with E-state index in [2.05, 4.69) is 41.5 Å². The summed E-state index contributed by atoms with van der Waals surface area (Å²) in [6, 6.07) is 13.7. The molecule has 4 aromatic rings.